The molecule has 0 bridgehead atoms. The van der Waals surface area contributed by atoms with Gasteiger partial charge in [0, 0.05) is 17.0 Å². The second-order valence-corrected chi connectivity index (χ2v) is 3.87. The van der Waals surface area contributed by atoms with Gasteiger partial charge in [0.25, 0.3) is 0 Å². The average Bonchev–Trinajstić information content (AvgIpc) is 3.09. The minimum absolute atomic E-state index is 0.123. The van der Waals surface area contributed by atoms with Crippen LogP contribution in [0.3, 0.4) is 0 Å². The molecule has 1 aliphatic carbocycles. The molecule has 1 fully saturated rings. The van der Waals surface area contributed by atoms with Crippen molar-refractivity contribution < 1.29 is 14.6 Å². The van der Waals surface area contributed by atoms with E-state index in [1.807, 2.05) is 6.07 Å². The molecule has 82 valence electrons. The molecule has 15 heavy (non-hydrogen) atoms. The molecule has 0 saturated heterocycles. The fourth-order valence-electron chi connectivity index (χ4n) is 1.78. The van der Waals surface area contributed by atoms with E-state index < -0.39 is 0 Å². The number of aliphatic hydroxyl groups is 1. The minimum Gasteiger partial charge on any atom is -0.495 e. The number of ether oxygens (including phenoxy) is 2. The molecular formula is C11H15NO3. The third-order valence-corrected chi connectivity index (χ3v) is 3.00. The molecule has 1 heterocycles. The monoisotopic (exact) mass is 209 g/mol. The van der Waals surface area contributed by atoms with Crippen LogP contribution in [0.25, 0.3) is 0 Å². The highest BCUT2D eigenvalue weighted by Crippen LogP contribution is 2.51. The Morgan fingerprint density at radius 2 is 2.13 bits per heavy atom. The molecule has 1 saturated carbocycles. The van der Waals surface area contributed by atoms with E-state index in [2.05, 4.69) is 4.98 Å². The Labute approximate surface area is 88.9 Å². The first-order valence-electron chi connectivity index (χ1n) is 4.95. The highest BCUT2D eigenvalue weighted by atomic mass is 16.5. The topological polar surface area (TPSA) is 51.6 Å². The molecular weight excluding hydrogens is 194 g/mol. The summed E-state index contributed by atoms with van der Waals surface area (Å²) in [4.78, 5) is 4.08. The molecule has 0 spiro atoms. The summed E-state index contributed by atoms with van der Waals surface area (Å²) < 4.78 is 10.3. The number of nitrogens with zero attached hydrogens (tertiary/aromatic N) is 1. The van der Waals surface area contributed by atoms with Gasteiger partial charge < -0.3 is 14.6 Å². The van der Waals surface area contributed by atoms with Crippen LogP contribution in [0.1, 0.15) is 18.4 Å². The van der Waals surface area contributed by atoms with Gasteiger partial charge in [0.2, 0.25) is 5.88 Å². The number of pyridine rings is 1. The molecule has 4 nitrogen and oxygen atoms in total. The van der Waals surface area contributed by atoms with Crippen LogP contribution >= 0.6 is 0 Å². The predicted molar refractivity (Wildman–Crippen MR) is 55.3 cm³/mol. The highest BCUT2D eigenvalue weighted by Gasteiger charge is 2.46. The van der Waals surface area contributed by atoms with Crippen molar-refractivity contribution in [1.29, 1.82) is 0 Å². The fourth-order valence-corrected chi connectivity index (χ4v) is 1.78. The lowest BCUT2D eigenvalue weighted by Gasteiger charge is -2.16. The minimum atomic E-state index is -0.123. The van der Waals surface area contributed by atoms with Gasteiger partial charge in [0.1, 0.15) is 5.75 Å². The molecule has 1 aliphatic rings. The zero-order chi connectivity index (χ0) is 10.9. The van der Waals surface area contributed by atoms with Gasteiger partial charge >= 0.3 is 0 Å². The van der Waals surface area contributed by atoms with Crippen LogP contribution in [0, 0.1) is 0 Å². The standard InChI is InChI=1S/C11H15NO3/c1-14-9-6-12-10(15-2)5-8(9)11(7-13)3-4-11/h5-6,13H,3-4,7H2,1-2H3. The molecule has 1 N–H and O–H groups in total. The SMILES string of the molecule is COc1cc(C2(CO)CC2)c(OC)cn1. The molecule has 0 radical (unpaired) electrons. The van der Waals surface area contributed by atoms with Crippen LogP contribution in [0.15, 0.2) is 12.3 Å². The Kier molecular flexibility index (Phi) is 2.52. The first kappa shape index (κ1) is 10.2. The van der Waals surface area contributed by atoms with Gasteiger partial charge in [-0.2, -0.15) is 0 Å². The smallest absolute Gasteiger partial charge is 0.213 e. The van der Waals surface area contributed by atoms with Crippen molar-refractivity contribution in [1.82, 2.24) is 4.98 Å². The Morgan fingerprint density at radius 1 is 1.40 bits per heavy atom. The molecule has 0 amide bonds. The van der Waals surface area contributed by atoms with Crippen LogP contribution in [0.2, 0.25) is 0 Å². The zero-order valence-corrected chi connectivity index (χ0v) is 8.99. The van der Waals surface area contributed by atoms with Crippen molar-refractivity contribution in [2.75, 3.05) is 20.8 Å². The third kappa shape index (κ3) is 1.65. The Morgan fingerprint density at radius 3 is 2.60 bits per heavy atom. The molecule has 2 rings (SSSR count). The van der Waals surface area contributed by atoms with Crippen LogP contribution < -0.4 is 9.47 Å². The van der Waals surface area contributed by atoms with E-state index in [0.29, 0.717) is 5.88 Å². The number of hydrogen-bond acceptors (Lipinski definition) is 4. The van der Waals surface area contributed by atoms with E-state index in [1.54, 1.807) is 20.4 Å². The van der Waals surface area contributed by atoms with Gasteiger partial charge in [-0.05, 0) is 12.8 Å². The lowest BCUT2D eigenvalue weighted by Crippen LogP contribution is -2.13. The maximum atomic E-state index is 9.38. The Bertz CT molecular complexity index is 361. The summed E-state index contributed by atoms with van der Waals surface area (Å²) in [7, 11) is 3.19. The summed E-state index contributed by atoms with van der Waals surface area (Å²) in [6.07, 6.45) is 3.63. The van der Waals surface area contributed by atoms with Crippen molar-refractivity contribution in [2.45, 2.75) is 18.3 Å². The summed E-state index contributed by atoms with van der Waals surface area (Å²) in [6, 6.07) is 1.85. The first-order chi connectivity index (χ1) is 7.25. The number of hydrogen-bond donors (Lipinski definition) is 1. The van der Waals surface area contributed by atoms with Gasteiger partial charge in [0.15, 0.2) is 0 Å². The maximum Gasteiger partial charge on any atom is 0.213 e. The lowest BCUT2D eigenvalue weighted by atomic mass is 9.97. The Hall–Kier alpha value is -1.29. The molecule has 4 heteroatoms. The van der Waals surface area contributed by atoms with Gasteiger partial charge in [-0.15, -0.1) is 0 Å². The summed E-state index contributed by atoms with van der Waals surface area (Å²) in [6.45, 7) is 0.149. The van der Waals surface area contributed by atoms with Crippen molar-refractivity contribution in [3.8, 4) is 11.6 Å². The second-order valence-electron chi connectivity index (χ2n) is 3.87. The Balaban J connectivity index is 2.42. The normalized spacial score (nSPS) is 17.3. The summed E-state index contributed by atoms with van der Waals surface area (Å²) >= 11 is 0. The molecule has 0 aromatic carbocycles. The van der Waals surface area contributed by atoms with Crippen LogP contribution in [0.4, 0.5) is 0 Å². The first-order valence-corrected chi connectivity index (χ1v) is 4.95. The van der Waals surface area contributed by atoms with E-state index in [9.17, 15) is 5.11 Å². The van der Waals surface area contributed by atoms with Crippen molar-refractivity contribution in [2.24, 2.45) is 0 Å². The van der Waals surface area contributed by atoms with E-state index in [1.165, 1.54) is 0 Å². The summed E-state index contributed by atoms with van der Waals surface area (Å²) in [5, 5.41) is 9.38. The largest absolute Gasteiger partial charge is 0.495 e. The maximum absolute atomic E-state index is 9.38. The van der Waals surface area contributed by atoms with E-state index in [4.69, 9.17) is 9.47 Å². The van der Waals surface area contributed by atoms with Gasteiger partial charge in [-0.25, -0.2) is 4.98 Å². The van der Waals surface area contributed by atoms with Crippen molar-refractivity contribution in [3.63, 3.8) is 0 Å². The van der Waals surface area contributed by atoms with Crippen molar-refractivity contribution in [3.05, 3.63) is 17.8 Å². The molecule has 0 aliphatic heterocycles. The van der Waals surface area contributed by atoms with Crippen LogP contribution in [-0.4, -0.2) is 30.9 Å². The van der Waals surface area contributed by atoms with Gasteiger partial charge in [0.05, 0.1) is 27.0 Å². The molecule has 1 aromatic rings. The number of aromatic nitrogens is 1. The lowest BCUT2D eigenvalue weighted by molar-refractivity contribution is 0.250. The third-order valence-electron chi connectivity index (χ3n) is 3.00. The fraction of sp³-hybridized carbons (Fsp3) is 0.545. The van der Waals surface area contributed by atoms with Crippen LogP contribution in [0.5, 0.6) is 11.6 Å². The number of rotatable bonds is 4. The molecule has 0 atom stereocenters. The zero-order valence-electron chi connectivity index (χ0n) is 8.99. The number of methoxy groups -OCH3 is 2. The molecule has 1 aromatic heterocycles. The highest BCUT2D eigenvalue weighted by molar-refractivity contribution is 5.44. The second kappa shape index (κ2) is 3.70. The molecule has 0 unspecified atom stereocenters. The van der Waals surface area contributed by atoms with E-state index >= 15 is 0 Å². The van der Waals surface area contributed by atoms with E-state index in [0.717, 1.165) is 24.2 Å². The quantitative estimate of drug-likeness (QED) is 0.807. The summed E-state index contributed by atoms with van der Waals surface area (Å²) in [5.41, 5.74) is 0.876. The van der Waals surface area contributed by atoms with Gasteiger partial charge in [-0.3, -0.25) is 0 Å². The van der Waals surface area contributed by atoms with E-state index in [-0.39, 0.29) is 12.0 Å². The van der Waals surface area contributed by atoms with Crippen LogP contribution in [-0.2, 0) is 5.41 Å². The predicted octanol–water partition coefficient (Wildman–Crippen LogP) is 1.12. The van der Waals surface area contributed by atoms with Gasteiger partial charge in [-0.1, -0.05) is 0 Å². The van der Waals surface area contributed by atoms with Crippen molar-refractivity contribution >= 4 is 0 Å². The summed E-state index contributed by atoms with van der Waals surface area (Å²) in [5.74, 6) is 1.29. The average molecular weight is 209 g/mol. The number of aliphatic hydroxyl groups excluding tert-OH is 1.